The monoisotopic (exact) mass is 449 g/mol. The molecule has 33 heavy (non-hydrogen) atoms. The Morgan fingerprint density at radius 1 is 0.818 bits per heavy atom. The maximum absolute atomic E-state index is 7.57. The molecule has 3 aromatic carbocycles. The van der Waals surface area contributed by atoms with Gasteiger partial charge in [0.1, 0.15) is 5.84 Å². The number of imidazole rings is 1. The molecule has 0 radical (unpaired) electrons. The predicted octanol–water partition coefficient (Wildman–Crippen LogP) is 5.85. The van der Waals surface area contributed by atoms with E-state index < -0.39 is 0 Å². The lowest BCUT2D eigenvalue weighted by atomic mass is 10.0. The van der Waals surface area contributed by atoms with Gasteiger partial charge in [0, 0.05) is 23.2 Å². The molecule has 2 heterocycles. The molecule has 0 saturated carbocycles. The van der Waals surface area contributed by atoms with E-state index in [1.807, 2.05) is 43.4 Å². The highest BCUT2D eigenvalue weighted by Crippen LogP contribution is 2.36. The SMILES string of the molecule is C=C(N)c1ccc(-c2ccc(-c3nc4cc(-c5ccc(C(=N)N)cc5)ccc4n3C)s2)cc1. The number of thiophene rings is 1. The summed E-state index contributed by atoms with van der Waals surface area (Å²) in [5, 5.41) is 7.57. The van der Waals surface area contributed by atoms with E-state index in [-0.39, 0.29) is 5.84 Å². The Kier molecular flexibility index (Phi) is 5.07. The van der Waals surface area contributed by atoms with Crippen molar-refractivity contribution in [2.24, 2.45) is 18.5 Å². The third-order valence-corrected chi connectivity index (χ3v) is 6.91. The number of aryl methyl sites for hydroxylation is 1. The Morgan fingerprint density at radius 2 is 1.42 bits per heavy atom. The fourth-order valence-electron chi connectivity index (χ4n) is 3.90. The Morgan fingerprint density at radius 3 is 2.09 bits per heavy atom. The number of hydrogen-bond acceptors (Lipinski definition) is 4. The van der Waals surface area contributed by atoms with Crippen LogP contribution >= 0.6 is 11.3 Å². The van der Waals surface area contributed by atoms with Crippen LogP contribution in [0, 0.1) is 5.41 Å². The van der Waals surface area contributed by atoms with Crippen molar-refractivity contribution in [3.05, 3.63) is 96.6 Å². The van der Waals surface area contributed by atoms with Crippen LogP contribution in [0.4, 0.5) is 0 Å². The molecule has 0 amide bonds. The van der Waals surface area contributed by atoms with Crippen LogP contribution in [0.2, 0.25) is 0 Å². The van der Waals surface area contributed by atoms with Crippen LogP contribution < -0.4 is 11.5 Å². The van der Waals surface area contributed by atoms with Crippen molar-refractivity contribution in [3.8, 4) is 32.3 Å². The van der Waals surface area contributed by atoms with E-state index in [0.29, 0.717) is 5.70 Å². The molecule has 5 N–H and O–H groups in total. The van der Waals surface area contributed by atoms with E-state index in [4.69, 9.17) is 21.9 Å². The number of benzene rings is 3. The van der Waals surface area contributed by atoms with Gasteiger partial charge in [0.05, 0.1) is 15.9 Å². The molecule has 0 unspecified atom stereocenters. The van der Waals surface area contributed by atoms with Gasteiger partial charge >= 0.3 is 0 Å². The van der Waals surface area contributed by atoms with E-state index in [1.54, 1.807) is 11.3 Å². The van der Waals surface area contributed by atoms with Crippen molar-refractivity contribution in [1.82, 2.24) is 9.55 Å². The second-order valence-electron chi connectivity index (χ2n) is 7.96. The third kappa shape index (κ3) is 3.81. The molecule has 0 saturated heterocycles. The minimum Gasteiger partial charge on any atom is -0.399 e. The summed E-state index contributed by atoms with van der Waals surface area (Å²) in [5.41, 5.74) is 18.9. The van der Waals surface area contributed by atoms with Gasteiger partial charge < -0.3 is 16.0 Å². The summed E-state index contributed by atoms with van der Waals surface area (Å²) in [6, 6.07) is 26.4. The quantitative estimate of drug-likeness (QED) is 0.232. The van der Waals surface area contributed by atoms with Gasteiger partial charge in [-0.1, -0.05) is 61.2 Å². The Bertz CT molecular complexity index is 1500. The van der Waals surface area contributed by atoms with Crippen molar-refractivity contribution in [2.45, 2.75) is 0 Å². The summed E-state index contributed by atoms with van der Waals surface area (Å²) >= 11 is 1.72. The largest absolute Gasteiger partial charge is 0.399 e. The van der Waals surface area contributed by atoms with Gasteiger partial charge in [-0.2, -0.15) is 0 Å². The molecule has 0 aliphatic heterocycles. The highest BCUT2D eigenvalue weighted by Gasteiger charge is 2.14. The molecule has 2 aromatic heterocycles. The first-order chi connectivity index (χ1) is 15.9. The minimum absolute atomic E-state index is 0.0717. The Labute approximate surface area is 196 Å². The topological polar surface area (TPSA) is 93.7 Å². The van der Waals surface area contributed by atoms with Crippen molar-refractivity contribution >= 4 is 33.9 Å². The second kappa shape index (κ2) is 8.07. The zero-order valence-electron chi connectivity index (χ0n) is 18.2. The van der Waals surface area contributed by atoms with Crippen LogP contribution in [0.15, 0.2) is 85.4 Å². The number of nitrogens with zero attached hydrogens (tertiary/aromatic N) is 2. The first kappa shape index (κ1) is 20.7. The molecule has 0 aliphatic rings. The molecule has 0 fully saturated rings. The van der Waals surface area contributed by atoms with Crippen LogP contribution in [0.3, 0.4) is 0 Å². The van der Waals surface area contributed by atoms with Gasteiger partial charge in [-0.05, 0) is 46.5 Å². The molecular formula is C27H23N5S. The van der Waals surface area contributed by atoms with E-state index in [0.717, 1.165) is 49.6 Å². The van der Waals surface area contributed by atoms with Crippen LogP contribution in [0.1, 0.15) is 11.1 Å². The summed E-state index contributed by atoms with van der Waals surface area (Å²) in [7, 11) is 2.05. The van der Waals surface area contributed by atoms with Crippen molar-refractivity contribution < 1.29 is 0 Å². The molecule has 0 atom stereocenters. The number of nitrogens with two attached hydrogens (primary N) is 2. The van der Waals surface area contributed by atoms with Crippen LogP contribution in [-0.2, 0) is 7.05 Å². The molecule has 0 spiro atoms. The molecular weight excluding hydrogens is 426 g/mol. The normalized spacial score (nSPS) is 11.1. The highest BCUT2D eigenvalue weighted by molar-refractivity contribution is 7.18. The number of fused-ring (bicyclic) bond motifs is 1. The summed E-state index contributed by atoms with van der Waals surface area (Å²) in [6.45, 7) is 3.79. The molecule has 0 bridgehead atoms. The fourth-order valence-corrected chi connectivity index (χ4v) is 4.94. The average Bonchev–Trinajstić information content (AvgIpc) is 3.44. The summed E-state index contributed by atoms with van der Waals surface area (Å²) in [4.78, 5) is 7.24. The summed E-state index contributed by atoms with van der Waals surface area (Å²) in [5.74, 6) is 1.01. The first-order valence-electron chi connectivity index (χ1n) is 10.5. The number of aromatic nitrogens is 2. The third-order valence-electron chi connectivity index (χ3n) is 5.78. The molecule has 5 rings (SSSR count). The van der Waals surface area contributed by atoms with Gasteiger partial charge in [0.15, 0.2) is 5.82 Å². The first-order valence-corrected chi connectivity index (χ1v) is 11.3. The van der Waals surface area contributed by atoms with Crippen molar-refractivity contribution in [2.75, 3.05) is 0 Å². The van der Waals surface area contributed by atoms with E-state index in [2.05, 4.69) is 53.6 Å². The molecule has 5 aromatic rings. The van der Waals surface area contributed by atoms with Crippen LogP contribution in [0.5, 0.6) is 0 Å². The second-order valence-corrected chi connectivity index (χ2v) is 9.04. The molecule has 5 nitrogen and oxygen atoms in total. The van der Waals surface area contributed by atoms with Crippen LogP contribution in [-0.4, -0.2) is 15.4 Å². The number of hydrogen-bond donors (Lipinski definition) is 3. The predicted molar refractivity (Wildman–Crippen MR) is 139 cm³/mol. The molecule has 6 heteroatoms. The van der Waals surface area contributed by atoms with E-state index in [1.165, 1.54) is 4.88 Å². The molecule has 162 valence electrons. The fraction of sp³-hybridized carbons (Fsp3) is 0.0370. The molecule has 0 aliphatic carbocycles. The van der Waals surface area contributed by atoms with Crippen molar-refractivity contribution in [3.63, 3.8) is 0 Å². The lowest BCUT2D eigenvalue weighted by molar-refractivity contribution is 0.963. The van der Waals surface area contributed by atoms with E-state index >= 15 is 0 Å². The Balaban J connectivity index is 1.48. The lowest BCUT2D eigenvalue weighted by Crippen LogP contribution is -2.10. The van der Waals surface area contributed by atoms with Crippen LogP contribution in [0.25, 0.3) is 49.0 Å². The van der Waals surface area contributed by atoms with Crippen molar-refractivity contribution in [1.29, 1.82) is 5.41 Å². The summed E-state index contributed by atoms with van der Waals surface area (Å²) in [6.07, 6.45) is 0. The van der Waals surface area contributed by atoms with Gasteiger partial charge in [0.2, 0.25) is 0 Å². The Hall–Kier alpha value is -4.16. The summed E-state index contributed by atoms with van der Waals surface area (Å²) < 4.78 is 2.13. The standard InChI is InChI=1S/C27H23N5S/c1-16(28)17-3-7-19(8-4-17)24-13-14-25(33-24)27-31-22-15-21(11-12-23(22)32(27)2)18-5-9-20(10-6-18)26(29)30/h3-15H,1,28H2,2H3,(H3,29,30). The number of amidine groups is 1. The minimum atomic E-state index is 0.0717. The van der Waals surface area contributed by atoms with Gasteiger partial charge in [-0.15, -0.1) is 11.3 Å². The van der Waals surface area contributed by atoms with Gasteiger partial charge in [-0.3, -0.25) is 5.41 Å². The number of rotatable bonds is 5. The number of nitrogen functional groups attached to an aromatic ring is 1. The van der Waals surface area contributed by atoms with Gasteiger partial charge in [0.25, 0.3) is 0 Å². The average molecular weight is 450 g/mol. The maximum Gasteiger partial charge on any atom is 0.150 e. The van der Waals surface area contributed by atoms with Gasteiger partial charge in [-0.25, -0.2) is 4.98 Å². The maximum atomic E-state index is 7.57. The smallest absolute Gasteiger partial charge is 0.150 e. The van der Waals surface area contributed by atoms with E-state index in [9.17, 15) is 0 Å². The lowest BCUT2D eigenvalue weighted by Gasteiger charge is -2.04. The highest BCUT2D eigenvalue weighted by atomic mass is 32.1. The zero-order valence-corrected chi connectivity index (χ0v) is 19.0. The zero-order chi connectivity index (χ0) is 23.1. The number of nitrogens with one attached hydrogen (secondary N) is 1.